The van der Waals surface area contributed by atoms with E-state index in [1.807, 2.05) is 18.2 Å². The van der Waals surface area contributed by atoms with Crippen LogP contribution in [0.15, 0.2) is 22.7 Å². The molecule has 2 N–H and O–H groups in total. The van der Waals surface area contributed by atoms with Gasteiger partial charge in [-0.1, -0.05) is 46.4 Å². The molecule has 0 aromatic heterocycles. The van der Waals surface area contributed by atoms with Gasteiger partial charge in [0.25, 0.3) is 0 Å². The Kier molecular flexibility index (Phi) is 5.49. The lowest BCUT2D eigenvalue weighted by Crippen LogP contribution is -2.33. The molecule has 2 unspecified atom stereocenters. The van der Waals surface area contributed by atoms with Crippen LogP contribution in [0.3, 0.4) is 0 Å². The Labute approximate surface area is 122 Å². The predicted molar refractivity (Wildman–Crippen MR) is 78.8 cm³/mol. The number of benzene rings is 1. The van der Waals surface area contributed by atoms with E-state index in [0.29, 0.717) is 5.92 Å². The fourth-order valence-corrected chi connectivity index (χ4v) is 3.31. The number of halogens is 2. The van der Waals surface area contributed by atoms with E-state index in [9.17, 15) is 5.11 Å². The first kappa shape index (κ1) is 14.3. The van der Waals surface area contributed by atoms with Crippen molar-refractivity contribution in [3.63, 3.8) is 0 Å². The second kappa shape index (κ2) is 6.90. The molecule has 0 aliphatic heterocycles. The third-order valence-electron chi connectivity index (χ3n) is 3.61. The number of hydrogen-bond acceptors (Lipinski definition) is 2. The van der Waals surface area contributed by atoms with Crippen molar-refractivity contribution in [1.29, 1.82) is 0 Å². The van der Waals surface area contributed by atoms with E-state index < -0.39 is 0 Å². The molecule has 0 saturated heterocycles. The highest BCUT2D eigenvalue weighted by molar-refractivity contribution is 9.10. The number of hydrogen-bond donors (Lipinski definition) is 2. The first-order valence-corrected chi connectivity index (χ1v) is 7.66. The van der Waals surface area contributed by atoms with Crippen molar-refractivity contribution in [2.75, 3.05) is 6.54 Å². The maximum absolute atomic E-state index is 9.89. The van der Waals surface area contributed by atoms with E-state index in [1.165, 1.54) is 18.4 Å². The minimum atomic E-state index is -0.125. The van der Waals surface area contributed by atoms with Crippen LogP contribution in [0.5, 0.6) is 0 Å². The summed E-state index contributed by atoms with van der Waals surface area (Å²) in [6.07, 6.45) is 4.38. The van der Waals surface area contributed by atoms with Gasteiger partial charge in [-0.25, -0.2) is 0 Å². The molecule has 0 spiro atoms. The topological polar surface area (TPSA) is 32.3 Å². The molecule has 0 radical (unpaired) electrons. The average Bonchev–Trinajstić information content (AvgIpc) is 2.34. The first-order chi connectivity index (χ1) is 8.66. The Morgan fingerprint density at radius 3 is 2.83 bits per heavy atom. The normalized spacial score (nSPS) is 24.2. The number of rotatable bonds is 4. The van der Waals surface area contributed by atoms with Crippen LogP contribution >= 0.6 is 27.5 Å². The second-order valence-electron chi connectivity index (χ2n) is 4.98. The molecular weight excluding hydrogens is 314 g/mol. The van der Waals surface area contributed by atoms with E-state index >= 15 is 0 Å². The summed E-state index contributed by atoms with van der Waals surface area (Å²) >= 11 is 9.42. The Morgan fingerprint density at radius 1 is 1.33 bits per heavy atom. The van der Waals surface area contributed by atoms with Gasteiger partial charge in [0.1, 0.15) is 0 Å². The van der Waals surface area contributed by atoms with Crippen molar-refractivity contribution in [2.45, 2.75) is 38.3 Å². The lowest BCUT2D eigenvalue weighted by molar-refractivity contribution is 0.0695. The molecule has 100 valence electrons. The van der Waals surface area contributed by atoms with Crippen LogP contribution in [-0.2, 0) is 6.54 Å². The van der Waals surface area contributed by atoms with Crippen molar-refractivity contribution >= 4 is 27.5 Å². The van der Waals surface area contributed by atoms with Gasteiger partial charge in [-0.3, -0.25) is 0 Å². The highest BCUT2D eigenvalue weighted by Crippen LogP contribution is 2.24. The number of aliphatic hydroxyl groups is 1. The molecule has 0 amide bonds. The Balaban J connectivity index is 1.81. The molecule has 18 heavy (non-hydrogen) atoms. The van der Waals surface area contributed by atoms with E-state index in [4.69, 9.17) is 11.6 Å². The van der Waals surface area contributed by atoms with Gasteiger partial charge in [0, 0.05) is 22.6 Å². The highest BCUT2D eigenvalue weighted by atomic mass is 79.9. The summed E-state index contributed by atoms with van der Waals surface area (Å²) in [5.74, 6) is 0.407. The Morgan fingerprint density at radius 2 is 2.11 bits per heavy atom. The SMILES string of the molecule is OC1CCCCC1CNCc1ccc(Cl)cc1Br. The summed E-state index contributed by atoms with van der Waals surface area (Å²) in [4.78, 5) is 0. The molecule has 2 rings (SSSR count). The van der Waals surface area contributed by atoms with Crippen LogP contribution in [0.25, 0.3) is 0 Å². The van der Waals surface area contributed by atoms with Crippen LogP contribution < -0.4 is 5.32 Å². The molecule has 2 atom stereocenters. The van der Waals surface area contributed by atoms with Gasteiger partial charge in [-0.2, -0.15) is 0 Å². The minimum absolute atomic E-state index is 0.125. The van der Waals surface area contributed by atoms with Gasteiger partial charge < -0.3 is 10.4 Å². The molecule has 4 heteroatoms. The summed E-state index contributed by atoms with van der Waals surface area (Å²) in [5, 5.41) is 14.1. The maximum Gasteiger partial charge on any atom is 0.0580 e. The summed E-state index contributed by atoms with van der Waals surface area (Å²) in [5.41, 5.74) is 1.20. The van der Waals surface area contributed by atoms with E-state index in [0.717, 1.165) is 35.4 Å². The van der Waals surface area contributed by atoms with Gasteiger partial charge in [-0.05, 0) is 36.5 Å². The summed E-state index contributed by atoms with van der Waals surface area (Å²) in [6, 6.07) is 5.84. The quantitative estimate of drug-likeness (QED) is 0.880. The monoisotopic (exact) mass is 331 g/mol. The summed E-state index contributed by atoms with van der Waals surface area (Å²) in [7, 11) is 0. The van der Waals surface area contributed by atoms with Crippen molar-refractivity contribution in [3.05, 3.63) is 33.3 Å². The largest absolute Gasteiger partial charge is 0.393 e. The summed E-state index contributed by atoms with van der Waals surface area (Å²) in [6.45, 7) is 1.69. The third-order valence-corrected chi connectivity index (χ3v) is 4.58. The molecule has 1 saturated carbocycles. The molecule has 0 heterocycles. The molecule has 1 aliphatic rings. The van der Waals surface area contributed by atoms with Gasteiger partial charge in [-0.15, -0.1) is 0 Å². The smallest absolute Gasteiger partial charge is 0.0580 e. The zero-order valence-electron chi connectivity index (χ0n) is 10.3. The lowest BCUT2D eigenvalue weighted by Gasteiger charge is -2.27. The van der Waals surface area contributed by atoms with Gasteiger partial charge >= 0.3 is 0 Å². The summed E-state index contributed by atoms with van der Waals surface area (Å²) < 4.78 is 1.03. The Bertz CT molecular complexity index is 399. The van der Waals surface area contributed by atoms with Crippen LogP contribution in [0.4, 0.5) is 0 Å². The molecule has 1 aromatic carbocycles. The van der Waals surface area contributed by atoms with Crippen molar-refractivity contribution in [2.24, 2.45) is 5.92 Å². The Hall–Kier alpha value is -0.0900. The van der Waals surface area contributed by atoms with Crippen LogP contribution in [-0.4, -0.2) is 17.8 Å². The molecule has 1 aliphatic carbocycles. The molecule has 1 aromatic rings. The van der Waals surface area contributed by atoms with Gasteiger partial charge in [0.05, 0.1) is 6.10 Å². The van der Waals surface area contributed by atoms with Crippen LogP contribution in [0, 0.1) is 5.92 Å². The minimum Gasteiger partial charge on any atom is -0.393 e. The van der Waals surface area contributed by atoms with Crippen molar-refractivity contribution in [1.82, 2.24) is 5.32 Å². The van der Waals surface area contributed by atoms with Gasteiger partial charge in [0.15, 0.2) is 0 Å². The molecule has 1 fully saturated rings. The zero-order chi connectivity index (χ0) is 13.0. The lowest BCUT2D eigenvalue weighted by atomic mass is 9.86. The van der Waals surface area contributed by atoms with Crippen LogP contribution in [0.2, 0.25) is 5.02 Å². The molecule has 0 bridgehead atoms. The van der Waals surface area contributed by atoms with E-state index in [-0.39, 0.29) is 6.10 Å². The second-order valence-corrected chi connectivity index (χ2v) is 6.27. The standard InChI is InChI=1S/C14H19BrClNO/c15-13-7-12(16)6-5-10(13)8-17-9-11-3-1-2-4-14(11)18/h5-7,11,14,17-18H,1-4,8-9H2. The van der Waals surface area contributed by atoms with Crippen molar-refractivity contribution in [3.8, 4) is 0 Å². The zero-order valence-corrected chi connectivity index (χ0v) is 12.7. The fraction of sp³-hybridized carbons (Fsp3) is 0.571. The fourth-order valence-electron chi connectivity index (χ4n) is 2.48. The predicted octanol–water partition coefficient (Wildman–Crippen LogP) is 3.74. The highest BCUT2D eigenvalue weighted by Gasteiger charge is 2.22. The first-order valence-electron chi connectivity index (χ1n) is 6.49. The maximum atomic E-state index is 9.89. The third kappa shape index (κ3) is 3.95. The average molecular weight is 333 g/mol. The number of nitrogens with one attached hydrogen (secondary N) is 1. The van der Waals surface area contributed by atoms with Gasteiger partial charge in [0.2, 0.25) is 0 Å². The van der Waals surface area contributed by atoms with Crippen molar-refractivity contribution < 1.29 is 5.11 Å². The number of aliphatic hydroxyl groups excluding tert-OH is 1. The van der Waals surface area contributed by atoms with Crippen LogP contribution in [0.1, 0.15) is 31.2 Å². The molecule has 2 nitrogen and oxygen atoms in total. The van der Waals surface area contributed by atoms with E-state index in [2.05, 4.69) is 21.2 Å². The molecular formula is C14H19BrClNO. The van der Waals surface area contributed by atoms with E-state index in [1.54, 1.807) is 0 Å².